The summed E-state index contributed by atoms with van der Waals surface area (Å²) < 4.78 is 7.16. The quantitative estimate of drug-likeness (QED) is 0.652. The first-order chi connectivity index (χ1) is 14.7. The Morgan fingerprint density at radius 3 is 2.67 bits per heavy atom. The normalized spacial score (nSPS) is 14.9. The molecule has 1 amide bonds. The molecule has 0 unspecified atom stereocenters. The number of nitrogens with zero attached hydrogens (tertiary/aromatic N) is 4. The van der Waals surface area contributed by atoms with Gasteiger partial charge in [0.2, 0.25) is 0 Å². The van der Waals surface area contributed by atoms with Crippen LogP contribution in [0.3, 0.4) is 0 Å². The molecule has 30 heavy (non-hydrogen) atoms. The van der Waals surface area contributed by atoms with E-state index < -0.39 is 0 Å². The number of benzene rings is 1. The molecule has 1 aliphatic heterocycles. The highest BCUT2D eigenvalue weighted by molar-refractivity contribution is 5.95. The maximum Gasteiger partial charge on any atom is 0.254 e. The molecule has 1 N–H and O–H groups in total. The number of nitrogens with one attached hydrogen (secondary N) is 1. The van der Waals surface area contributed by atoms with Crippen molar-refractivity contribution >= 4 is 11.6 Å². The molecule has 7 nitrogen and oxygen atoms in total. The van der Waals surface area contributed by atoms with Gasteiger partial charge in [-0.1, -0.05) is 36.8 Å². The first kappa shape index (κ1) is 20.5. The number of rotatable bonds is 7. The minimum absolute atomic E-state index is 0.136. The van der Waals surface area contributed by atoms with Crippen molar-refractivity contribution in [2.75, 3.05) is 33.3 Å². The molecule has 7 heteroatoms. The molecule has 0 saturated carbocycles. The Bertz CT molecular complexity index is 1010. The van der Waals surface area contributed by atoms with Gasteiger partial charge >= 0.3 is 0 Å². The monoisotopic (exact) mass is 407 g/mol. The van der Waals surface area contributed by atoms with Crippen LogP contribution < -0.4 is 5.32 Å². The zero-order chi connectivity index (χ0) is 20.9. The molecule has 1 saturated heterocycles. The molecule has 3 heterocycles. The van der Waals surface area contributed by atoms with Crippen LogP contribution in [0.25, 0.3) is 16.8 Å². The average molecular weight is 408 g/mol. The Morgan fingerprint density at radius 2 is 1.93 bits per heavy atom. The van der Waals surface area contributed by atoms with Gasteiger partial charge in [-0.2, -0.15) is 5.10 Å². The molecule has 0 radical (unpaired) electrons. The second-order valence-electron chi connectivity index (χ2n) is 7.77. The number of piperidine rings is 1. The maximum absolute atomic E-state index is 12.9. The van der Waals surface area contributed by atoms with E-state index in [4.69, 9.17) is 9.84 Å². The smallest absolute Gasteiger partial charge is 0.254 e. The van der Waals surface area contributed by atoms with Crippen LogP contribution in [0, 0.1) is 6.92 Å². The molecule has 2 aromatic heterocycles. The fourth-order valence-electron chi connectivity index (χ4n) is 4.15. The van der Waals surface area contributed by atoms with Gasteiger partial charge in [-0.05, 0) is 38.4 Å². The van der Waals surface area contributed by atoms with Gasteiger partial charge in [-0.3, -0.25) is 4.79 Å². The Balaban J connectivity index is 1.60. The fraction of sp³-hybridized carbons (Fsp3) is 0.435. The van der Waals surface area contributed by atoms with Crippen LogP contribution in [-0.2, 0) is 11.3 Å². The summed E-state index contributed by atoms with van der Waals surface area (Å²) in [4.78, 5) is 19.9. The number of methoxy groups -OCH3 is 1. The minimum atomic E-state index is -0.136. The van der Waals surface area contributed by atoms with E-state index >= 15 is 0 Å². The third-order valence-electron chi connectivity index (χ3n) is 5.67. The summed E-state index contributed by atoms with van der Waals surface area (Å²) in [6.07, 6.45) is 5.44. The SMILES string of the molecule is COCc1c(C(=O)NCCN2CCCCC2)cnc2c(-c3ccccc3)c(C)nn12. The van der Waals surface area contributed by atoms with Gasteiger partial charge in [0.25, 0.3) is 5.91 Å². The summed E-state index contributed by atoms with van der Waals surface area (Å²) in [5.41, 5.74) is 4.85. The standard InChI is InChI=1S/C23H29N5O2/c1-17-21(18-9-5-3-6-10-18)22-25-15-19(20(16-30-2)28(22)26-17)23(29)24-11-14-27-12-7-4-8-13-27/h3,5-6,9-10,15H,4,7-8,11-14,16H2,1-2H3,(H,24,29). The lowest BCUT2D eigenvalue weighted by Crippen LogP contribution is -2.38. The average Bonchev–Trinajstić information content (AvgIpc) is 3.11. The number of carbonyl (C=O) groups is 1. The van der Waals surface area contributed by atoms with Gasteiger partial charge in [0.15, 0.2) is 5.65 Å². The molecule has 1 aromatic carbocycles. The Hall–Kier alpha value is -2.77. The van der Waals surface area contributed by atoms with Gasteiger partial charge < -0.3 is 15.0 Å². The van der Waals surface area contributed by atoms with Gasteiger partial charge in [-0.25, -0.2) is 9.50 Å². The predicted octanol–water partition coefficient (Wildman–Crippen LogP) is 3.07. The number of amides is 1. The predicted molar refractivity (Wildman–Crippen MR) is 116 cm³/mol. The van der Waals surface area contributed by atoms with E-state index in [-0.39, 0.29) is 12.5 Å². The largest absolute Gasteiger partial charge is 0.378 e. The Morgan fingerprint density at radius 1 is 1.17 bits per heavy atom. The van der Waals surface area contributed by atoms with Crippen molar-refractivity contribution in [2.24, 2.45) is 0 Å². The second-order valence-corrected chi connectivity index (χ2v) is 7.77. The van der Waals surface area contributed by atoms with E-state index in [1.54, 1.807) is 17.8 Å². The molecular formula is C23H29N5O2. The number of carbonyl (C=O) groups excluding carboxylic acids is 1. The lowest BCUT2D eigenvalue weighted by atomic mass is 10.1. The first-order valence-electron chi connectivity index (χ1n) is 10.6. The lowest BCUT2D eigenvalue weighted by molar-refractivity contribution is 0.0939. The molecule has 0 spiro atoms. The lowest BCUT2D eigenvalue weighted by Gasteiger charge is -2.26. The molecule has 0 bridgehead atoms. The summed E-state index contributed by atoms with van der Waals surface area (Å²) in [6, 6.07) is 10.1. The number of ether oxygens (including phenoxy) is 1. The number of aryl methyl sites for hydroxylation is 1. The third kappa shape index (κ3) is 4.22. The van der Waals surface area contributed by atoms with Crippen LogP contribution in [0.5, 0.6) is 0 Å². The summed E-state index contributed by atoms with van der Waals surface area (Å²) in [5.74, 6) is -0.136. The Labute approximate surface area is 177 Å². The number of likely N-dealkylation sites (tertiary alicyclic amines) is 1. The second kappa shape index (κ2) is 9.36. The molecule has 0 atom stereocenters. The van der Waals surface area contributed by atoms with Gasteiger partial charge in [0, 0.05) is 32.0 Å². The zero-order valence-electron chi connectivity index (χ0n) is 17.7. The van der Waals surface area contributed by atoms with Crippen LogP contribution in [0.4, 0.5) is 0 Å². The van der Waals surface area contributed by atoms with E-state index in [2.05, 4.69) is 15.2 Å². The van der Waals surface area contributed by atoms with Crippen molar-refractivity contribution in [1.82, 2.24) is 24.8 Å². The van der Waals surface area contributed by atoms with Crippen molar-refractivity contribution < 1.29 is 9.53 Å². The van der Waals surface area contributed by atoms with E-state index in [0.29, 0.717) is 17.8 Å². The topological polar surface area (TPSA) is 71.8 Å². The highest BCUT2D eigenvalue weighted by Gasteiger charge is 2.21. The van der Waals surface area contributed by atoms with Crippen molar-refractivity contribution in [3.63, 3.8) is 0 Å². The van der Waals surface area contributed by atoms with Crippen molar-refractivity contribution in [3.05, 3.63) is 53.5 Å². The van der Waals surface area contributed by atoms with Gasteiger partial charge in [0.05, 0.1) is 23.6 Å². The fourth-order valence-corrected chi connectivity index (χ4v) is 4.15. The molecular weight excluding hydrogens is 378 g/mol. The van der Waals surface area contributed by atoms with E-state index in [9.17, 15) is 4.79 Å². The highest BCUT2D eigenvalue weighted by Crippen LogP contribution is 2.28. The molecule has 3 aromatic rings. The number of fused-ring (bicyclic) bond motifs is 1. The third-order valence-corrected chi connectivity index (χ3v) is 5.67. The number of aromatic nitrogens is 3. The van der Waals surface area contributed by atoms with E-state index in [0.717, 1.165) is 42.1 Å². The first-order valence-corrected chi connectivity index (χ1v) is 10.6. The molecule has 1 fully saturated rings. The van der Waals surface area contributed by atoms with Crippen LogP contribution in [0.2, 0.25) is 0 Å². The Kier molecular flexibility index (Phi) is 6.40. The van der Waals surface area contributed by atoms with Crippen LogP contribution in [0.1, 0.15) is 41.0 Å². The highest BCUT2D eigenvalue weighted by atomic mass is 16.5. The summed E-state index contributed by atoms with van der Waals surface area (Å²) in [6.45, 7) is 5.98. The van der Waals surface area contributed by atoms with Crippen molar-refractivity contribution in [2.45, 2.75) is 32.8 Å². The number of hydrogen-bond acceptors (Lipinski definition) is 5. The van der Waals surface area contributed by atoms with Gasteiger partial charge in [-0.15, -0.1) is 0 Å². The summed E-state index contributed by atoms with van der Waals surface area (Å²) in [7, 11) is 1.62. The van der Waals surface area contributed by atoms with E-state index in [1.807, 2.05) is 37.3 Å². The molecule has 1 aliphatic rings. The maximum atomic E-state index is 12.9. The van der Waals surface area contributed by atoms with Crippen LogP contribution >= 0.6 is 0 Å². The zero-order valence-corrected chi connectivity index (χ0v) is 17.7. The van der Waals surface area contributed by atoms with Crippen molar-refractivity contribution in [3.8, 4) is 11.1 Å². The summed E-state index contributed by atoms with van der Waals surface area (Å²) >= 11 is 0. The minimum Gasteiger partial charge on any atom is -0.378 e. The van der Waals surface area contributed by atoms with Crippen molar-refractivity contribution in [1.29, 1.82) is 0 Å². The van der Waals surface area contributed by atoms with Crippen LogP contribution in [-0.4, -0.2) is 58.7 Å². The number of hydrogen-bond donors (Lipinski definition) is 1. The molecule has 158 valence electrons. The van der Waals surface area contributed by atoms with E-state index in [1.165, 1.54) is 19.3 Å². The molecule has 4 rings (SSSR count). The summed E-state index contributed by atoms with van der Waals surface area (Å²) in [5, 5.41) is 7.74. The molecule has 0 aliphatic carbocycles. The van der Waals surface area contributed by atoms with Crippen LogP contribution in [0.15, 0.2) is 36.5 Å². The van der Waals surface area contributed by atoms with Gasteiger partial charge in [0.1, 0.15) is 0 Å².